The van der Waals surface area contributed by atoms with Gasteiger partial charge >= 0.3 is 0 Å². The van der Waals surface area contributed by atoms with Gasteiger partial charge in [0.15, 0.2) is 0 Å². The molecule has 0 N–H and O–H groups in total. The maximum atomic E-state index is 12.6. The molecule has 0 fully saturated rings. The summed E-state index contributed by atoms with van der Waals surface area (Å²) in [7, 11) is -4.04. The molecule has 0 saturated heterocycles. The van der Waals surface area contributed by atoms with Crippen molar-refractivity contribution in [1.82, 2.24) is 14.1 Å². The normalized spacial score (nSPS) is 12.5. The van der Waals surface area contributed by atoms with Gasteiger partial charge in [-0.15, -0.1) is 0 Å². The van der Waals surface area contributed by atoms with E-state index in [0.29, 0.717) is 12.1 Å². The quantitative estimate of drug-likeness (QED) is 0.450. The summed E-state index contributed by atoms with van der Waals surface area (Å²) in [5, 5.41) is 12.6. The highest BCUT2D eigenvalue weighted by Gasteiger charge is 2.14. The Morgan fingerprint density at radius 3 is 2.50 bits per heavy atom. The Labute approximate surface area is 165 Å². The van der Waals surface area contributed by atoms with E-state index < -0.39 is 15.9 Å². The third kappa shape index (κ3) is 4.33. The Hall–Kier alpha value is -2.87. The zero-order valence-corrected chi connectivity index (χ0v) is 17.0. The van der Waals surface area contributed by atoms with Crippen LogP contribution in [0.4, 0.5) is 0 Å². The van der Waals surface area contributed by atoms with Crippen LogP contribution in [0.2, 0.25) is 0 Å². The maximum absolute atomic E-state index is 12.6. The number of nitrogens with zero attached hydrogens (tertiary/aromatic N) is 4. The average Bonchev–Trinajstić information content (AvgIpc) is 3.25. The van der Waals surface area contributed by atoms with Crippen LogP contribution in [0.1, 0.15) is 28.9 Å². The van der Waals surface area contributed by atoms with E-state index >= 15 is 0 Å². The number of aromatic nitrogens is 3. The molecule has 3 aromatic rings. The van der Waals surface area contributed by atoms with E-state index in [0.717, 1.165) is 29.9 Å². The summed E-state index contributed by atoms with van der Waals surface area (Å²) >= 11 is 0. The fourth-order valence-corrected chi connectivity index (χ4v) is 4.02. The average molecular weight is 399 g/mol. The molecule has 148 valence electrons. The first kappa shape index (κ1) is 19.9. The van der Waals surface area contributed by atoms with Gasteiger partial charge in [0.1, 0.15) is 0 Å². The molecule has 0 radical (unpaired) electrons. The van der Waals surface area contributed by atoms with E-state index in [2.05, 4.69) is 9.38 Å². The summed E-state index contributed by atoms with van der Waals surface area (Å²) in [6.07, 6.45) is 6.26. The predicted molar refractivity (Wildman–Crippen MR) is 106 cm³/mol. The molecule has 2 aromatic heterocycles. The lowest BCUT2D eigenvalue weighted by molar-refractivity contribution is -0.212. The van der Waals surface area contributed by atoms with E-state index in [9.17, 15) is 13.5 Å². The van der Waals surface area contributed by atoms with E-state index in [1.807, 2.05) is 36.1 Å². The van der Waals surface area contributed by atoms with Crippen LogP contribution in [0.3, 0.4) is 0 Å². The predicted octanol–water partition coefficient (Wildman–Crippen LogP) is 2.20. The van der Waals surface area contributed by atoms with Gasteiger partial charge in [-0.2, -0.15) is 12.8 Å². The molecular formula is C20H23N4O3S-. The summed E-state index contributed by atoms with van der Waals surface area (Å²) in [5.74, 6) is -0.741. The van der Waals surface area contributed by atoms with Crippen LogP contribution in [0, 0.1) is 20.8 Å². The fraction of sp³-hybridized carbons (Fsp3) is 0.300. The largest absolute Gasteiger partial charge is 0.858 e. The summed E-state index contributed by atoms with van der Waals surface area (Å²) in [5.41, 5.74) is 2.87. The Morgan fingerprint density at radius 2 is 1.86 bits per heavy atom. The summed E-state index contributed by atoms with van der Waals surface area (Å²) in [6.45, 7) is 7.10. The van der Waals surface area contributed by atoms with Crippen molar-refractivity contribution >= 4 is 15.9 Å². The van der Waals surface area contributed by atoms with Gasteiger partial charge in [-0.05, 0) is 45.4 Å². The summed E-state index contributed by atoms with van der Waals surface area (Å²) in [4.78, 5) is 4.03. The van der Waals surface area contributed by atoms with Crippen molar-refractivity contribution in [2.45, 2.75) is 45.2 Å². The minimum atomic E-state index is -4.04. The van der Waals surface area contributed by atoms with Crippen LogP contribution in [0.5, 0.6) is 0 Å². The van der Waals surface area contributed by atoms with Crippen molar-refractivity contribution in [2.75, 3.05) is 0 Å². The molecule has 7 nitrogen and oxygen atoms in total. The topological polar surface area (TPSA) is 92.3 Å². The number of hydrogen-bond acceptors (Lipinski definition) is 4. The Kier molecular flexibility index (Phi) is 5.69. The summed E-state index contributed by atoms with van der Waals surface area (Å²) in [6, 6.07) is 7.97. The van der Waals surface area contributed by atoms with E-state index in [1.165, 1.54) is 12.1 Å². The first-order chi connectivity index (χ1) is 13.3. The van der Waals surface area contributed by atoms with Crippen molar-refractivity contribution in [3.8, 4) is 0 Å². The van der Waals surface area contributed by atoms with Crippen LogP contribution in [-0.2, 0) is 23.1 Å². The van der Waals surface area contributed by atoms with Gasteiger partial charge in [0.05, 0.1) is 11.2 Å². The highest BCUT2D eigenvalue weighted by Crippen LogP contribution is 2.18. The van der Waals surface area contributed by atoms with Crippen molar-refractivity contribution in [3.05, 3.63) is 71.6 Å². The van der Waals surface area contributed by atoms with Crippen LogP contribution in [0.25, 0.3) is 0 Å². The van der Waals surface area contributed by atoms with Crippen LogP contribution < -0.4 is 5.11 Å². The zero-order valence-electron chi connectivity index (χ0n) is 16.2. The van der Waals surface area contributed by atoms with Crippen LogP contribution in [0.15, 0.2) is 58.3 Å². The Morgan fingerprint density at radius 1 is 1.14 bits per heavy atom. The van der Waals surface area contributed by atoms with Crippen LogP contribution in [-0.4, -0.2) is 28.4 Å². The molecule has 8 heteroatoms. The second kappa shape index (κ2) is 8.02. The van der Waals surface area contributed by atoms with E-state index in [-0.39, 0.29) is 4.90 Å². The van der Waals surface area contributed by atoms with Crippen LogP contribution >= 0.6 is 0 Å². The molecule has 3 rings (SSSR count). The molecular weight excluding hydrogens is 376 g/mol. The second-order valence-corrected chi connectivity index (χ2v) is 8.38. The van der Waals surface area contributed by atoms with Crippen molar-refractivity contribution in [2.24, 2.45) is 4.40 Å². The number of hydrogen-bond donors (Lipinski definition) is 0. The summed E-state index contributed by atoms with van der Waals surface area (Å²) < 4.78 is 32.4. The lowest BCUT2D eigenvalue weighted by Gasteiger charge is -2.13. The molecule has 0 saturated carbocycles. The molecule has 0 aliphatic heterocycles. The van der Waals surface area contributed by atoms with E-state index in [1.54, 1.807) is 30.7 Å². The standard InChI is InChI=1S/C20H24N4O3S/c1-15-5-7-18(8-6-15)28(26,27)22-20(25)19-13-16(2)24(17(19)3)11-4-10-23-12-9-21-14-23/h5-9,12-14H,4,10-11H2,1-3H3,(H,22,25)/p-1. The fourth-order valence-electron chi connectivity index (χ4n) is 3.11. The lowest BCUT2D eigenvalue weighted by Crippen LogP contribution is -2.21. The molecule has 28 heavy (non-hydrogen) atoms. The molecule has 0 aliphatic carbocycles. The molecule has 1 aromatic carbocycles. The first-order valence-corrected chi connectivity index (χ1v) is 10.4. The third-order valence-electron chi connectivity index (χ3n) is 4.68. The lowest BCUT2D eigenvalue weighted by atomic mass is 10.2. The molecule has 2 heterocycles. The first-order valence-electron chi connectivity index (χ1n) is 8.99. The molecule has 0 unspecified atom stereocenters. The minimum absolute atomic E-state index is 0.0144. The van der Waals surface area contributed by atoms with Crippen molar-refractivity contribution in [3.63, 3.8) is 0 Å². The monoisotopic (exact) mass is 399 g/mol. The highest BCUT2D eigenvalue weighted by atomic mass is 32.2. The molecule has 0 aliphatic rings. The van der Waals surface area contributed by atoms with Gasteiger partial charge in [-0.3, -0.25) is 0 Å². The number of imidazole rings is 1. The molecule has 0 atom stereocenters. The van der Waals surface area contributed by atoms with Crippen molar-refractivity contribution < 1.29 is 13.5 Å². The van der Waals surface area contributed by atoms with Gasteiger partial charge in [0, 0.05) is 48.3 Å². The second-order valence-electron chi connectivity index (χ2n) is 6.78. The zero-order chi connectivity index (χ0) is 20.3. The number of benzene rings is 1. The van der Waals surface area contributed by atoms with E-state index in [4.69, 9.17) is 0 Å². The molecule has 0 bridgehead atoms. The Bertz CT molecular complexity index is 1080. The minimum Gasteiger partial charge on any atom is -0.858 e. The molecule has 0 spiro atoms. The number of aryl methyl sites for hydroxylation is 3. The number of rotatable bonds is 7. The Balaban J connectivity index is 1.80. The highest BCUT2D eigenvalue weighted by molar-refractivity contribution is 7.90. The van der Waals surface area contributed by atoms with Gasteiger partial charge in [-0.1, -0.05) is 17.7 Å². The van der Waals surface area contributed by atoms with Crippen molar-refractivity contribution in [1.29, 1.82) is 0 Å². The SMILES string of the molecule is Cc1ccc(S(=O)(=O)N=C([O-])c2cc(C)n(CCCn3ccnc3)c2C)cc1. The van der Waals surface area contributed by atoms with Gasteiger partial charge in [0.2, 0.25) is 0 Å². The molecule has 0 amide bonds. The van der Waals surface area contributed by atoms with Gasteiger partial charge in [0.25, 0.3) is 10.0 Å². The van der Waals surface area contributed by atoms with Gasteiger partial charge < -0.3 is 14.2 Å². The van der Waals surface area contributed by atoms with Gasteiger partial charge in [-0.25, -0.2) is 4.98 Å². The number of sulfonamides is 1. The smallest absolute Gasteiger partial charge is 0.281 e. The maximum Gasteiger partial charge on any atom is 0.281 e. The third-order valence-corrected chi connectivity index (χ3v) is 5.96.